The Labute approximate surface area is 214 Å². The summed E-state index contributed by atoms with van der Waals surface area (Å²) in [5.74, 6) is -1.63. The van der Waals surface area contributed by atoms with Crippen molar-refractivity contribution in [2.75, 3.05) is 18.0 Å². The predicted octanol–water partition coefficient (Wildman–Crippen LogP) is -0.0423. The molecule has 0 aliphatic carbocycles. The SMILES string of the molecule is CC(C)ON=C(C(=O)NC1C(=O)N2CC(C(=O)O)(C(C)Sc3nn[nH]n3)CS[C@H]12)c1cccc(N)n1. The average molecular weight is 536 g/mol. The van der Waals surface area contributed by atoms with E-state index in [9.17, 15) is 19.5 Å². The van der Waals surface area contributed by atoms with Gasteiger partial charge in [-0.3, -0.25) is 14.4 Å². The van der Waals surface area contributed by atoms with Crippen molar-refractivity contribution in [3.8, 4) is 0 Å². The van der Waals surface area contributed by atoms with E-state index in [-0.39, 0.29) is 41.5 Å². The highest BCUT2D eigenvalue weighted by atomic mass is 32.2. The molecule has 2 aliphatic rings. The smallest absolute Gasteiger partial charge is 0.313 e. The van der Waals surface area contributed by atoms with E-state index in [0.717, 1.165) is 0 Å². The number of rotatable bonds is 9. The van der Waals surface area contributed by atoms with E-state index in [1.165, 1.54) is 28.4 Å². The molecule has 4 rings (SSSR count). The lowest BCUT2D eigenvalue weighted by molar-refractivity contribution is -0.158. The van der Waals surface area contributed by atoms with Crippen LogP contribution in [-0.2, 0) is 19.2 Å². The second kappa shape index (κ2) is 10.3. The number of amides is 2. The molecule has 0 spiro atoms. The van der Waals surface area contributed by atoms with Gasteiger partial charge in [-0.15, -0.1) is 22.0 Å². The van der Waals surface area contributed by atoms with E-state index in [0.29, 0.717) is 5.16 Å². The molecule has 0 aromatic carbocycles. The number of nitrogen functional groups attached to an aromatic ring is 1. The van der Waals surface area contributed by atoms with Crippen LogP contribution in [-0.4, -0.2) is 94.2 Å². The number of tetrazole rings is 1. The third-order valence-corrected chi connectivity index (χ3v) is 8.53. The van der Waals surface area contributed by atoms with Crippen molar-refractivity contribution >= 4 is 52.8 Å². The van der Waals surface area contributed by atoms with Gasteiger partial charge in [-0.2, -0.15) is 5.21 Å². The molecule has 2 saturated heterocycles. The Morgan fingerprint density at radius 2 is 2.19 bits per heavy atom. The van der Waals surface area contributed by atoms with Gasteiger partial charge in [0.25, 0.3) is 5.91 Å². The molecule has 2 aliphatic heterocycles. The number of carboxylic acids is 1. The number of hydrogen-bond acceptors (Lipinski definition) is 12. The van der Waals surface area contributed by atoms with Crippen LogP contribution in [0.1, 0.15) is 26.5 Å². The Morgan fingerprint density at radius 3 is 2.83 bits per heavy atom. The Bertz CT molecular complexity index is 1180. The first kappa shape index (κ1) is 25.7. The number of nitrogens with one attached hydrogen (secondary N) is 2. The number of aromatic amines is 1. The van der Waals surface area contributed by atoms with Gasteiger partial charge < -0.3 is 25.9 Å². The lowest BCUT2D eigenvalue weighted by Crippen LogP contribution is -2.74. The van der Waals surface area contributed by atoms with Crippen molar-refractivity contribution < 1.29 is 24.3 Å². The van der Waals surface area contributed by atoms with Crippen LogP contribution in [0.3, 0.4) is 0 Å². The summed E-state index contributed by atoms with van der Waals surface area (Å²) in [4.78, 5) is 49.3. The minimum Gasteiger partial charge on any atom is -0.481 e. The molecule has 36 heavy (non-hydrogen) atoms. The molecular weight excluding hydrogens is 510 g/mol. The number of nitrogens with two attached hydrogens (primary N) is 1. The van der Waals surface area contributed by atoms with Crippen LogP contribution >= 0.6 is 23.5 Å². The van der Waals surface area contributed by atoms with Gasteiger partial charge in [-0.1, -0.05) is 29.9 Å². The number of aliphatic carboxylic acids is 1. The Hall–Kier alpha value is -3.40. The maximum absolute atomic E-state index is 13.1. The molecule has 16 heteroatoms. The van der Waals surface area contributed by atoms with Crippen LogP contribution in [0.2, 0.25) is 0 Å². The van der Waals surface area contributed by atoms with Crippen molar-refractivity contribution in [3.63, 3.8) is 0 Å². The van der Waals surface area contributed by atoms with Crippen molar-refractivity contribution in [1.29, 1.82) is 0 Å². The number of β-lactam (4-membered cyclic amide) rings is 1. The predicted molar refractivity (Wildman–Crippen MR) is 131 cm³/mol. The summed E-state index contributed by atoms with van der Waals surface area (Å²) >= 11 is 2.47. The number of H-pyrrole nitrogens is 1. The van der Waals surface area contributed by atoms with E-state index in [2.05, 4.69) is 36.1 Å². The molecule has 5 N–H and O–H groups in total. The fourth-order valence-corrected chi connectivity index (χ4v) is 6.53. The Kier molecular flexibility index (Phi) is 7.35. The number of pyridine rings is 1. The van der Waals surface area contributed by atoms with E-state index in [1.807, 2.05) is 0 Å². The number of carboxylic acid groups (broad SMARTS) is 1. The van der Waals surface area contributed by atoms with Crippen LogP contribution < -0.4 is 11.1 Å². The van der Waals surface area contributed by atoms with E-state index in [4.69, 9.17) is 10.6 Å². The molecule has 3 unspecified atom stereocenters. The van der Waals surface area contributed by atoms with Crippen LogP contribution in [0.15, 0.2) is 28.5 Å². The number of nitrogens with zero attached hydrogens (tertiary/aromatic N) is 6. The van der Waals surface area contributed by atoms with Gasteiger partial charge in [0.05, 0.1) is 0 Å². The fraction of sp³-hybridized carbons (Fsp3) is 0.500. The quantitative estimate of drug-likeness (QED) is 0.145. The Morgan fingerprint density at radius 1 is 1.42 bits per heavy atom. The van der Waals surface area contributed by atoms with Crippen LogP contribution in [0.25, 0.3) is 0 Å². The first-order chi connectivity index (χ1) is 17.1. The number of thioether (sulfide) groups is 2. The van der Waals surface area contributed by atoms with Crippen molar-refractivity contribution in [2.24, 2.45) is 10.6 Å². The molecule has 0 saturated carbocycles. The maximum atomic E-state index is 13.1. The molecule has 0 bridgehead atoms. The molecule has 4 atom stereocenters. The zero-order chi connectivity index (χ0) is 26.0. The summed E-state index contributed by atoms with van der Waals surface area (Å²) in [6, 6.07) is 3.91. The molecule has 2 amide bonds. The largest absolute Gasteiger partial charge is 0.481 e. The molecule has 192 valence electrons. The molecule has 14 nitrogen and oxygen atoms in total. The normalized spacial score (nSPS) is 24.6. The van der Waals surface area contributed by atoms with Gasteiger partial charge in [-0.05, 0) is 31.2 Å². The monoisotopic (exact) mass is 535 g/mol. The topological polar surface area (TPSA) is 202 Å². The van der Waals surface area contributed by atoms with Gasteiger partial charge >= 0.3 is 5.97 Å². The second-order valence-electron chi connectivity index (χ2n) is 8.58. The summed E-state index contributed by atoms with van der Waals surface area (Å²) in [6.07, 6.45) is -0.292. The van der Waals surface area contributed by atoms with E-state index >= 15 is 0 Å². The highest BCUT2D eigenvalue weighted by Gasteiger charge is 2.59. The summed E-state index contributed by atoms with van der Waals surface area (Å²) in [5.41, 5.74) is 4.60. The minimum atomic E-state index is -1.24. The van der Waals surface area contributed by atoms with Gasteiger partial charge in [0, 0.05) is 17.5 Å². The maximum Gasteiger partial charge on any atom is 0.313 e. The van der Waals surface area contributed by atoms with Crippen molar-refractivity contribution in [3.05, 3.63) is 23.9 Å². The standard InChI is InChI=1S/C20H25N9O5S2/c1-9(2)34-26-13(11-5-4-6-12(21)22-11)15(30)23-14-16(31)29-7-20(18(32)33,8-35-17(14)29)10(3)36-19-24-27-28-25-19/h4-6,9-10,14,17H,7-8H2,1-3H3,(H2,21,22)(H,23,30)(H,32,33)(H,24,25,27,28)/t10?,14?,17-,20?/m1/s1. The van der Waals surface area contributed by atoms with Gasteiger partial charge in [0.2, 0.25) is 11.1 Å². The van der Waals surface area contributed by atoms with Crippen LogP contribution in [0.5, 0.6) is 0 Å². The first-order valence-electron chi connectivity index (χ1n) is 11.0. The second-order valence-corrected chi connectivity index (χ2v) is 11.0. The van der Waals surface area contributed by atoms with Crippen LogP contribution in [0.4, 0.5) is 5.82 Å². The number of hydrogen-bond donors (Lipinski definition) is 4. The fourth-order valence-electron chi connectivity index (χ4n) is 3.77. The third-order valence-electron chi connectivity index (χ3n) is 5.79. The van der Waals surface area contributed by atoms with Crippen molar-refractivity contribution in [2.45, 2.75) is 48.7 Å². The number of carbonyl (C=O) groups excluding carboxylic acids is 2. The first-order valence-corrected chi connectivity index (χ1v) is 12.9. The van der Waals surface area contributed by atoms with E-state index < -0.39 is 34.0 Å². The average Bonchev–Trinajstić information content (AvgIpc) is 3.34. The molecule has 2 aromatic rings. The molecular formula is C20H25N9O5S2. The molecule has 2 fully saturated rings. The van der Waals surface area contributed by atoms with Gasteiger partial charge in [0.15, 0.2) is 5.71 Å². The number of fused-ring (bicyclic) bond motifs is 1. The minimum absolute atomic E-state index is 0.00853. The molecule has 0 radical (unpaired) electrons. The lowest BCUT2D eigenvalue weighted by atomic mass is 9.84. The number of carbonyl (C=O) groups is 3. The summed E-state index contributed by atoms with van der Waals surface area (Å²) in [7, 11) is 0. The highest BCUT2D eigenvalue weighted by Crippen LogP contribution is 2.47. The van der Waals surface area contributed by atoms with Gasteiger partial charge in [-0.25, -0.2) is 4.98 Å². The third kappa shape index (κ3) is 4.95. The zero-order valence-corrected chi connectivity index (χ0v) is 21.2. The van der Waals surface area contributed by atoms with Crippen molar-refractivity contribution in [1.82, 2.24) is 35.8 Å². The zero-order valence-electron chi connectivity index (χ0n) is 19.6. The summed E-state index contributed by atoms with van der Waals surface area (Å²) in [5, 5.41) is 29.8. The van der Waals surface area contributed by atoms with Gasteiger partial charge in [0.1, 0.15) is 34.4 Å². The summed E-state index contributed by atoms with van der Waals surface area (Å²) < 4.78 is 0. The number of anilines is 1. The molecule has 4 heterocycles. The molecule has 2 aromatic heterocycles. The summed E-state index contributed by atoms with van der Waals surface area (Å²) in [6.45, 7) is 5.26. The Balaban J connectivity index is 1.48. The number of oxime groups is 1. The number of aromatic nitrogens is 5. The van der Waals surface area contributed by atoms with E-state index in [1.54, 1.807) is 39.0 Å². The highest BCUT2D eigenvalue weighted by molar-refractivity contribution is 8.01. The van der Waals surface area contributed by atoms with Crippen LogP contribution in [0, 0.1) is 5.41 Å². The lowest BCUT2D eigenvalue weighted by Gasteiger charge is -2.54.